The highest BCUT2D eigenvalue weighted by Gasteiger charge is 2.25. The molecular formula is C20H28IN5O3. The van der Waals surface area contributed by atoms with Crippen LogP contribution in [0.15, 0.2) is 35.6 Å². The van der Waals surface area contributed by atoms with Crippen LogP contribution in [0.5, 0.6) is 11.5 Å². The number of morpholine rings is 1. The van der Waals surface area contributed by atoms with Crippen LogP contribution in [0, 0.1) is 0 Å². The number of rotatable bonds is 5. The summed E-state index contributed by atoms with van der Waals surface area (Å²) in [5.41, 5.74) is 2.29. The lowest BCUT2D eigenvalue weighted by atomic mass is 10.1. The Morgan fingerprint density at radius 2 is 2.17 bits per heavy atom. The van der Waals surface area contributed by atoms with Crippen molar-refractivity contribution >= 4 is 29.9 Å². The minimum atomic E-state index is 0. The van der Waals surface area contributed by atoms with Crippen molar-refractivity contribution < 1.29 is 14.2 Å². The van der Waals surface area contributed by atoms with Gasteiger partial charge < -0.3 is 24.4 Å². The van der Waals surface area contributed by atoms with Crippen LogP contribution in [0.2, 0.25) is 0 Å². The normalized spacial score (nSPS) is 18.5. The molecule has 0 saturated carbocycles. The number of ether oxygens (including phenoxy) is 3. The van der Waals surface area contributed by atoms with E-state index in [9.17, 15) is 0 Å². The van der Waals surface area contributed by atoms with E-state index >= 15 is 0 Å². The van der Waals surface area contributed by atoms with Crippen LogP contribution in [-0.2, 0) is 18.2 Å². The van der Waals surface area contributed by atoms with Gasteiger partial charge in [-0.2, -0.15) is 5.10 Å². The molecule has 1 saturated heterocycles. The fourth-order valence-electron chi connectivity index (χ4n) is 3.46. The molecule has 1 unspecified atom stereocenters. The van der Waals surface area contributed by atoms with Crippen molar-refractivity contribution in [2.75, 3.05) is 39.6 Å². The molecule has 3 heterocycles. The first-order valence-electron chi connectivity index (χ1n) is 9.75. The monoisotopic (exact) mass is 513 g/mol. The minimum absolute atomic E-state index is 0. The zero-order valence-corrected chi connectivity index (χ0v) is 19.2. The predicted molar refractivity (Wildman–Crippen MR) is 121 cm³/mol. The summed E-state index contributed by atoms with van der Waals surface area (Å²) in [6.07, 6.45) is 4.75. The van der Waals surface area contributed by atoms with E-state index in [4.69, 9.17) is 19.2 Å². The average Bonchev–Trinajstić information content (AvgIpc) is 3.36. The SMILES string of the molecule is CCNC(=NCCc1ccc2c(c1)OCO2)N1CCOC(c2cnn(C)c2)C1.I. The molecule has 1 fully saturated rings. The summed E-state index contributed by atoms with van der Waals surface area (Å²) in [5, 5.41) is 7.67. The van der Waals surface area contributed by atoms with Crippen LogP contribution in [0.3, 0.4) is 0 Å². The molecule has 158 valence electrons. The number of fused-ring (bicyclic) bond motifs is 1. The third-order valence-electron chi connectivity index (χ3n) is 4.90. The average molecular weight is 513 g/mol. The van der Waals surface area contributed by atoms with Crippen LogP contribution < -0.4 is 14.8 Å². The van der Waals surface area contributed by atoms with E-state index in [1.165, 1.54) is 5.56 Å². The van der Waals surface area contributed by atoms with Gasteiger partial charge in [-0.1, -0.05) is 6.07 Å². The quantitative estimate of drug-likeness (QED) is 0.376. The maximum absolute atomic E-state index is 5.95. The largest absolute Gasteiger partial charge is 0.454 e. The summed E-state index contributed by atoms with van der Waals surface area (Å²) < 4.78 is 18.6. The number of nitrogens with one attached hydrogen (secondary N) is 1. The molecule has 0 bridgehead atoms. The van der Waals surface area contributed by atoms with Crippen molar-refractivity contribution in [2.24, 2.45) is 12.0 Å². The summed E-state index contributed by atoms with van der Waals surface area (Å²) in [4.78, 5) is 7.11. The van der Waals surface area contributed by atoms with Gasteiger partial charge in [0.25, 0.3) is 0 Å². The molecular weight excluding hydrogens is 485 g/mol. The van der Waals surface area contributed by atoms with Gasteiger partial charge in [-0.15, -0.1) is 24.0 Å². The van der Waals surface area contributed by atoms with Crippen molar-refractivity contribution in [3.05, 3.63) is 41.7 Å². The van der Waals surface area contributed by atoms with Crippen LogP contribution in [0.4, 0.5) is 0 Å². The molecule has 2 aliphatic heterocycles. The Morgan fingerprint density at radius 1 is 1.31 bits per heavy atom. The number of halogens is 1. The second-order valence-corrected chi connectivity index (χ2v) is 6.93. The minimum Gasteiger partial charge on any atom is -0.454 e. The molecule has 0 aliphatic carbocycles. The highest BCUT2D eigenvalue weighted by molar-refractivity contribution is 14.0. The van der Waals surface area contributed by atoms with Gasteiger partial charge in [0.1, 0.15) is 6.10 Å². The molecule has 9 heteroatoms. The number of aryl methyl sites for hydroxylation is 1. The Bertz CT molecular complexity index is 841. The number of hydrogen-bond acceptors (Lipinski definition) is 5. The molecule has 1 atom stereocenters. The molecule has 2 aliphatic rings. The Balaban J connectivity index is 0.00000240. The van der Waals surface area contributed by atoms with Crippen molar-refractivity contribution in [3.8, 4) is 11.5 Å². The Labute approximate surface area is 188 Å². The second kappa shape index (κ2) is 10.1. The van der Waals surface area contributed by atoms with Crippen molar-refractivity contribution in [3.63, 3.8) is 0 Å². The zero-order chi connectivity index (χ0) is 19.3. The molecule has 0 amide bonds. The molecule has 0 radical (unpaired) electrons. The Kier molecular flexibility index (Phi) is 7.59. The second-order valence-electron chi connectivity index (χ2n) is 6.93. The van der Waals surface area contributed by atoms with Crippen LogP contribution in [0.25, 0.3) is 0 Å². The lowest BCUT2D eigenvalue weighted by Gasteiger charge is -2.34. The van der Waals surface area contributed by atoms with E-state index in [1.54, 1.807) is 0 Å². The maximum atomic E-state index is 5.95. The van der Waals surface area contributed by atoms with E-state index in [-0.39, 0.29) is 30.1 Å². The number of guanidine groups is 1. The smallest absolute Gasteiger partial charge is 0.231 e. The third-order valence-corrected chi connectivity index (χ3v) is 4.90. The van der Waals surface area contributed by atoms with E-state index in [0.717, 1.165) is 49.1 Å². The van der Waals surface area contributed by atoms with E-state index in [1.807, 2.05) is 36.3 Å². The number of aromatic nitrogens is 2. The standard InChI is InChI=1S/C20H27N5O3.HI/c1-3-21-20(22-7-6-15-4-5-17-18(10-15)28-14-27-17)25-8-9-26-19(13-25)16-11-23-24(2)12-16;/h4-5,10-12,19H,3,6-9,13-14H2,1-2H3,(H,21,22);1H. The molecule has 1 aromatic heterocycles. The highest BCUT2D eigenvalue weighted by Crippen LogP contribution is 2.32. The number of benzene rings is 1. The molecule has 1 aromatic carbocycles. The lowest BCUT2D eigenvalue weighted by molar-refractivity contribution is -0.00803. The summed E-state index contributed by atoms with van der Waals surface area (Å²) >= 11 is 0. The van der Waals surface area contributed by atoms with Gasteiger partial charge >= 0.3 is 0 Å². The summed E-state index contributed by atoms with van der Waals surface area (Å²) in [7, 11) is 1.92. The summed E-state index contributed by atoms with van der Waals surface area (Å²) in [6, 6.07) is 6.08. The van der Waals surface area contributed by atoms with Crippen LogP contribution >= 0.6 is 24.0 Å². The summed E-state index contributed by atoms with van der Waals surface area (Å²) in [6.45, 7) is 6.19. The number of nitrogens with zero attached hydrogens (tertiary/aromatic N) is 4. The van der Waals surface area contributed by atoms with Gasteiger partial charge in [-0.3, -0.25) is 9.67 Å². The first-order chi connectivity index (χ1) is 13.7. The van der Waals surface area contributed by atoms with Gasteiger partial charge in [0.05, 0.1) is 19.3 Å². The molecule has 4 rings (SSSR count). The van der Waals surface area contributed by atoms with E-state index < -0.39 is 0 Å². The van der Waals surface area contributed by atoms with Crippen molar-refractivity contribution in [1.82, 2.24) is 20.0 Å². The third kappa shape index (κ3) is 5.33. The van der Waals surface area contributed by atoms with Gasteiger partial charge in [-0.05, 0) is 31.0 Å². The molecule has 8 nitrogen and oxygen atoms in total. The summed E-state index contributed by atoms with van der Waals surface area (Å²) in [5.74, 6) is 2.57. The molecule has 1 N–H and O–H groups in total. The molecule has 2 aromatic rings. The Hall–Kier alpha value is -2.01. The lowest BCUT2D eigenvalue weighted by Crippen LogP contribution is -2.48. The predicted octanol–water partition coefficient (Wildman–Crippen LogP) is 2.35. The van der Waals surface area contributed by atoms with Crippen LogP contribution in [-0.4, -0.2) is 60.2 Å². The van der Waals surface area contributed by atoms with Gasteiger partial charge in [-0.25, -0.2) is 0 Å². The van der Waals surface area contributed by atoms with Crippen molar-refractivity contribution in [1.29, 1.82) is 0 Å². The van der Waals surface area contributed by atoms with Crippen molar-refractivity contribution in [2.45, 2.75) is 19.4 Å². The van der Waals surface area contributed by atoms with Crippen LogP contribution in [0.1, 0.15) is 24.2 Å². The number of aliphatic imine (C=N–C) groups is 1. The first kappa shape index (κ1) is 21.7. The fraction of sp³-hybridized carbons (Fsp3) is 0.500. The fourth-order valence-corrected chi connectivity index (χ4v) is 3.46. The number of hydrogen-bond donors (Lipinski definition) is 1. The first-order valence-corrected chi connectivity index (χ1v) is 9.75. The van der Waals surface area contributed by atoms with E-state index in [2.05, 4.69) is 28.3 Å². The van der Waals surface area contributed by atoms with Gasteiger partial charge in [0.2, 0.25) is 6.79 Å². The van der Waals surface area contributed by atoms with Gasteiger partial charge in [0.15, 0.2) is 17.5 Å². The Morgan fingerprint density at radius 3 is 2.97 bits per heavy atom. The highest BCUT2D eigenvalue weighted by atomic mass is 127. The maximum Gasteiger partial charge on any atom is 0.231 e. The zero-order valence-electron chi connectivity index (χ0n) is 16.8. The molecule has 0 spiro atoms. The van der Waals surface area contributed by atoms with E-state index in [0.29, 0.717) is 19.9 Å². The molecule has 29 heavy (non-hydrogen) atoms. The topological polar surface area (TPSA) is 73.1 Å². The van der Waals surface area contributed by atoms with Gasteiger partial charge in [0, 0.05) is 38.4 Å².